The second-order valence-electron chi connectivity index (χ2n) is 5.83. The van der Waals surface area contributed by atoms with Gasteiger partial charge in [-0.25, -0.2) is 4.79 Å². The van der Waals surface area contributed by atoms with Gasteiger partial charge in [0.2, 0.25) is 0 Å². The van der Waals surface area contributed by atoms with E-state index in [-0.39, 0.29) is 6.04 Å². The second kappa shape index (κ2) is 7.73. The monoisotopic (exact) mass is 327 g/mol. The van der Waals surface area contributed by atoms with E-state index in [9.17, 15) is 4.79 Å². The number of nitrogens with zero attached hydrogens (tertiary/aromatic N) is 1. The molecule has 126 valence electrons. The highest BCUT2D eigenvalue weighted by Gasteiger charge is 2.28. The Morgan fingerprint density at radius 3 is 2.38 bits per heavy atom. The average Bonchev–Trinajstić information content (AvgIpc) is 3.09. The van der Waals surface area contributed by atoms with Gasteiger partial charge in [-0.3, -0.25) is 0 Å². The molecule has 0 spiro atoms. The summed E-state index contributed by atoms with van der Waals surface area (Å²) >= 11 is 0. The maximum atomic E-state index is 11.1. The van der Waals surface area contributed by atoms with Crippen LogP contribution >= 0.6 is 0 Å². The molecule has 1 amide bonds. The number of hydrogen-bond donors (Lipinski definition) is 1. The van der Waals surface area contributed by atoms with E-state index in [0.29, 0.717) is 19.8 Å². The van der Waals surface area contributed by atoms with E-state index in [2.05, 4.69) is 0 Å². The van der Waals surface area contributed by atoms with Gasteiger partial charge in [-0.15, -0.1) is 0 Å². The van der Waals surface area contributed by atoms with Crippen LogP contribution in [0.3, 0.4) is 0 Å². The number of amides is 1. The fourth-order valence-corrected chi connectivity index (χ4v) is 2.83. The third-order valence-electron chi connectivity index (χ3n) is 4.14. The normalized spacial score (nSPS) is 16.8. The van der Waals surface area contributed by atoms with Crippen molar-refractivity contribution in [3.05, 3.63) is 60.2 Å². The number of carboxylic acid groups (broad SMARTS) is 1. The molecule has 1 heterocycles. The van der Waals surface area contributed by atoms with Crippen LogP contribution in [0.1, 0.15) is 18.4 Å². The molecule has 0 aromatic heterocycles. The van der Waals surface area contributed by atoms with Gasteiger partial charge < -0.3 is 19.5 Å². The van der Waals surface area contributed by atoms with Crippen molar-refractivity contribution in [1.29, 1.82) is 0 Å². The van der Waals surface area contributed by atoms with E-state index in [4.69, 9.17) is 14.6 Å². The lowest BCUT2D eigenvalue weighted by atomic mass is 10.2. The summed E-state index contributed by atoms with van der Waals surface area (Å²) in [5.74, 6) is 1.50. The minimum absolute atomic E-state index is 0.0588. The van der Waals surface area contributed by atoms with Crippen molar-refractivity contribution < 1.29 is 19.4 Å². The Labute approximate surface area is 141 Å². The van der Waals surface area contributed by atoms with Crippen LogP contribution < -0.4 is 9.47 Å². The summed E-state index contributed by atoms with van der Waals surface area (Å²) in [7, 11) is 0. The van der Waals surface area contributed by atoms with Crippen LogP contribution in [0.4, 0.5) is 4.79 Å². The maximum absolute atomic E-state index is 11.1. The van der Waals surface area contributed by atoms with Gasteiger partial charge in [0.15, 0.2) is 0 Å². The molecule has 1 aliphatic heterocycles. The van der Waals surface area contributed by atoms with Crippen molar-refractivity contribution in [1.82, 2.24) is 4.90 Å². The van der Waals surface area contributed by atoms with Gasteiger partial charge in [0.25, 0.3) is 0 Å². The van der Waals surface area contributed by atoms with Crippen LogP contribution in [0.5, 0.6) is 11.5 Å². The van der Waals surface area contributed by atoms with Crippen molar-refractivity contribution in [2.75, 3.05) is 13.2 Å². The van der Waals surface area contributed by atoms with E-state index in [1.807, 2.05) is 54.6 Å². The van der Waals surface area contributed by atoms with Crippen molar-refractivity contribution in [3.63, 3.8) is 0 Å². The summed E-state index contributed by atoms with van der Waals surface area (Å²) < 4.78 is 11.5. The van der Waals surface area contributed by atoms with Gasteiger partial charge in [0.05, 0.1) is 6.04 Å². The van der Waals surface area contributed by atoms with Crippen LogP contribution in [0.15, 0.2) is 54.6 Å². The molecule has 0 radical (unpaired) electrons. The molecule has 1 N–H and O–H groups in total. The number of benzene rings is 2. The Bertz CT molecular complexity index is 657. The van der Waals surface area contributed by atoms with Crippen LogP contribution in [0.25, 0.3) is 0 Å². The zero-order valence-corrected chi connectivity index (χ0v) is 13.4. The summed E-state index contributed by atoms with van der Waals surface area (Å²) in [6, 6.07) is 17.4. The molecule has 1 fully saturated rings. The lowest BCUT2D eigenvalue weighted by Gasteiger charge is -2.21. The largest absolute Gasteiger partial charge is 0.491 e. The molecule has 5 heteroatoms. The quantitative estimate of drug-likeness (QED) is 0.877. The van der Waals surface area contributed by atoms with Crippen molar-refractivity contribution in [2.45, 2.75) is 25.5 Å². The van der Waals surface area contributed by atoms with Gasteiger partial charge in [-0.2, -0.15) is 0 Å². The van der Waals surface area contributed by atoms with Crippen molar-refractivity contribution in [2.24, 2.45) is 0 Å². The summed E-state index contributed by atoms with van der Waals surface area (Å²) in [5.41, 5.74) is 1.12. The Kier molecular flexibility index (Phi) is 5.21. The first-order valence-corrected chi connectivity index (χ1v) is 8.11. The average molecular weight is 327 g/mol. The van der Waals surface area contributed by atoms with Gasteiger partial charge in [0.1, 0.15) is 24.7 Å². The molecular formula is C19H21NO4. The lowest BCUT2D eigenvalue weighted by Crippen LogP contribution is -2.37. The van der Waals surface area contributed by atoms with Crippen LogP contribution in [-0.4, -0.2) is 35.3 Å². The molecule has 0 unspecified atom stereocenters. The number of carbonyl (C=O) groups is 1. The summed E-state index contributed by atoms with van der Waals surface area (Å²) in [6.45, 7) is 1.50. The van der Waals surface area contributed by atoms with Gasteiger partial charge in [0, 0.05) is 6.54 Å². The molecule has 1 saturated heterocycles. The SMILES string of the molecule is O=C(O)N1CCC[C@@H]1COc1ccc(OCc2ccccc2)cc1. The Balaban J connectivity index is 1.48. The predicted octanol–water partition coefficient (Wildman–Crippen LogP) is 3.79. The molecule has 5 nitrogen and oxygen atoms in total. The highest BCUT2D eigenvalue weighted by molar-refractivity contribution is 5.65. The summed E-state index contributed by atoms with van der Waals surface area (Å²) in [4.78, 5) is 12.6. The lowest BCUT2D eigenvalue weighted by molar-refractivity contribution is 0.123. The van der Waals surface area contributed by atoms with E-state index in [0.717, 1.165) is 29.9 Å². The first-order chi connectivity index (χ1) is 11.7. The molecule has 2 aromatic rings. The summed E-state index contributed by atoms with van der Waals surface area (Å²) in [6.07, 6.45) is 0.878. The molecular weight excluding hydrogens is 306 g/mol. The van der Waals surface area contributed by atoms with E-state index in [1.54, 1.807) is 0 Å². The van der Waals surface area contributed by atoms with Crippen molar-refractivity contribution in [3.8, 4) is 11.5 Å². The Hall–Kier alpha value is -2.69. The molecule has 2 aromatic carbocycles. The fraction of sp³-hybridized carbons (Fsp3) is 0.316. The van der Waals surface area contributed by atoms with E-state index >= 15 is 0 Å². The zero-order valence-electron chi connectivity index (χ0n) is 13.4. The Morgan fingerprint density at radius 2 is 1.71 bits per heavy atom. The predicted molar refractivity (Wildman–Crippen MR) is 90.5 cm³/mol. The molecule has 3 rings (SSSR count). The fourth-order valence-electron chi connectivity index (χ4n) is 2.83. The summed E-state index contributed by atoms with van der Waals surface area (Å²) in [5, 5.41) is 9.12. The number of hydrogen-bond acceptors (Lipinski definition) is 3. The highest BCUT2D eigenvalue weighted by atomic mass is 16.5. The van der Waals surface area contributed by atoms with Crippen molar-refractivity contribution >= 4 is 6.09 Å². The smallest absolute Gasteiger partial charge is 0.407 e. The zero-order chi connectivity index (χ0) is 16.8. The molecule has 0 saturated carbocycles. The number of ether oxygens (including phenoxy) is 2. The van der Waals surface area contributed by atoms with Crippen LogP contribution in [0.2, 0.25) is 0 Å². The van der Waals surface area contributed by atoms with Crippen LogP contribution in [0, 0.1) is 0 Å². The molecule has 0 bridgehead atoms. The van der Waals surface area contributed by atoms with E-state index in [1.165, 1.54) is 4.90 Å². The molecule has 1 aliphatic rings. The van der Waals surface area contributed by atoms with Crippen LogP contribution in [-0.2, 0) is 6.61 Å². The number of rotatable bonds is 6. The third-order valence-corrected chi connectivity index (χ3v) is 4.14. The number of likely N-dealkylation sites (tertiary alicyclic amines) is 1. The first-order valence-electron chi connectivity index (χ1n) is 8.11. The third kappa shape index (κ3) is 4.19. The van der Waals surface area contributed by atoms with E-state index < -0.39 is 6.09 Å². The standard InChI is InChI=1S/C19H21NO4/c21-19(22)20-12-4-7-16(20)14-24-18-10-8-17(9-11-18)23-13-15-5-2-1-3-6-15/h1-3,5-6,8-11,16H,4,7,12-14H2,(H,21,22)/t16-/m1/s1. The van der Waals surface area contributed by atoms with Gasteiger partial charge >= 0.3 is 6.09 Å². The Morgan fingerprint density at radius 1 is 1.04 bits per heavy atom. The topological polar surface area (TPSA) is 59.0 Å². The van der Waals surface area contributed by atoms with Gasteiger partial charge in [-0.1, -0.05) is 30.3 Å². The minimum atomic E-state index is -0.870. The molecule has 1 atom stereocenters. The molecule has 0 aliphatic carbocycles. The highest BCUT2D eigenvalue weighted by Crippen LogP contribution is 2.22. The second-order valence-corrected chi connectivity index (χ2v) is 5.83. The molecule has 24 heavy (non-hydrogen) atoms. The first kappa shape index (κ1) is 16.2. The van der Waals surface area contributed by atoms with Gasteiger partial charge in [-0.05, 0) is 42.7 Å². The minimum Gasteiger partial charge on any atom is -0.491 e. The maximum Gasteiger partial charge on any atom is 0.407 e.